The molecule has 0 radical (unpaired) electrons. The molecule has 19 heavy (non-hydrogen) atoms. The fourth-order valence-corrected chi connectivity index (χ4v) is 2.32. The Morgan fingerprint density at radius 2 is 1.05 bits per heavy atom. The molecule has 0 aromatic rings. The van der Waals surface area contributed by atoms with Gasteiger partial charge in [-0.15, -0.1) is 0 Å². The van der Waals surface area contributed by atoms with Crippen molar-refractivity contribution in [2.24, 2.45) is 23.7 Å². The Bertz CT molecular complexity index is 255. The average molecular weight is 268 g/mol. The number of carbonyl (C=O) groups excluding carboxylic acids is 2. The summed E-state index contributed by atoms with van der Waals surface area (Å²) in [6.45, 7) is 12.5. The molecule has 4 unspecified atom stereocenters. The van der Waals surface area contributed by atoms with Gasteiger partial charge in [-0.3, -0.25) is 9.59 Å². The minimum atomic E-state index is 0.0229. The second kappa shape index (κ2) is 9.28. The van der Waals surface area contributed by atoms with Crippen molar-refractivity contribution in [3.8, 4) is 0 Å². The molecule has 2 heteroatoms. The van der Waals surface area contributed by atoms with Gasteiger partial charge in [0.05, 0.1) is 6.42 Å². The van der Waals surface area contributed by atoms with Gasteiger partial charge in [-0.1, -0.05) is 54.4 Å². The molecule has 0 aromatic carbocycles. The monoisotopic (exact) mass is 268 g/mol. The van der Waals surface area contributed by atoms with E-state index in [-0.39, 0.29) is 29.8 Å². The van der Waals surface area contributed by atoms with Crippen LogP contribution in [-0.2, 0) is 9.59 Å². The van der Waals surface area contributed by atoms with Gasteiger partial charge in [-0.2, -0.15) is 0 Å². The van der Waals surface area contributed by atoms with Crippen LogP contribution in [0.5, 0.6) is 0 Å². The SMILES string of the molecule is CCC(C)CC(C)C(=O)CC(=O)C(C)CC(C)CC. The molecule has 0 saturated heterocycles. The topological polar surface area (TPSA) is 34.1 Å². The highest BCUT2D eigenvalue weighted by atomic mass is 16.1. The van der Waals surface area contributed by atoms with E-state index in [0.29, 0.717) is 11.8 Å². The van der Waals surface area contributed by atoms with Crippen LogP contribution in [0.15, 0.2) is 0 Å². The number of hydrogen-bond donors (Lipinski definition) is 0. The maximum absolute atomic E-state index is 12.0. The quantitative estimate of drug-likeness (QED) is 0.540. The van der Waals surface area contributed by atoms with E-state index in [4.69, 9.17) is 0 Å². The van der Waals surface area contributed by atoms with E-state index in [0.717, 1.165) is 25.7 Å². The van der Waals surface area contributed by atoms with Gasteiger partial charge in [0, 0.05) is 11.8 Å². The van der Waals surface area contributed by atoms with Crippen LogP contribution < -0.4 is 0 Å². The maximum atomic E-state index is 12.0. The summed E-state index contributed by atoms with van der Waals surface area (Å²) in [4.78, 5) is 24.1. The molecule has 0 aliphatic heterocycles. The molecule has 0 amide bonds. The summed E-state index contributed by atoms with van der Waals surface area (Å²) >= 11 is 0. The highest BCUT2D eigenvalue weighted by molar-refractivity contribution is 6.00. The Balaban J connectivity index is 4.20. The summed E-state index contributed by atoms with van der Waals surface area (Å²) in [5.74, 6) is 1.42. The van der Waals surface area contributed by atoms with Crippen molar-refractivity contribution in [3.63, 3.8) is 0 Å². The van der Waals surface area contributed by atoms with Crippen molar-refractivity contribution in [1.82, 2.24) is 0 Å². The third-order valence-corrected chi connectivity index (χ3v) is 4.35. The van der Waals surface area contributed by atoms with E-state index in [2.05, 4.69) is 27.7 Å². The molecule has 0 spiro atoms. The van der Waals surface area contributed by atoms with Crippen LogP contribution in [0.2, 0.25) is 0 Å². The van der Waals surface area contributed by atoms with E-state index < -0.39 is 0 Å². The summed E-state index contributed by atoms with van der Waals surface area (Å²) in [6.07, 6.45) is 4.13. The van der Waals surface area contributed by atoms with E-state index >= 15 is 0 Å². The Morgan fingerprint density at radius 1 is 0.737 bits per heavy atom. The largest absolute Gasteiger partial charge is 0.299 e. The predicted molar refractivity (Wildman–Crippen MR) is 81.1 cm³/mol. The van der Waals surface area contributed by atoms with Crippen LogP contribution in [0.1, 0.15) is 73.6 Å². The molecule has 0 aromatic heterocycles. The highest BCUT2D eigenvalue weighted by Crippen LogP contribution is 2.20. The zero-order valence-corrected chi connectivity index (χ0v) is 13.7. The Kier molecular flexibility index (Phi) is 8.95. The zero-order chi connectivity index (χ0) is 15.0. The second-order valence-corrected chi connectivity index (χ2v) is 6.41. The number of hydrogen-bond acceptors (Lipinski definition) is 2. The minimum Gasteiger partial charge on any atom is -0.299 e. The van der Waals surface area contributed by atoms with Gasteiger partial charge in [-0.05, 0) is 24.7 Å². The van der Waals surface area contributed by atoms with Gasteiger partial charge in [0.1, 0.15) is 11.6 Å². The van der Waals surface area contributed by atoms with Crippen LogP contribution in [0.25, 0.3) is 0 Å². The third kappa shape index (κ3) is 7.49. The van der Waals surface area contributed by atoms with Gasteiger partial charge < -0.3 is 0 Å². The van der Waals surface area contributed by atoms with Crippen LogP contribution in [-0.4, -0.2) is 11.6 Å². The molecule has 0 aliphatic rings. The van der Waals surface area contributed by atoms with Gasteiger partial charge in [0.2, 0.25) is 0 Å². The molecule has 0 heterocycles. The molecule has 112 valence electrons. The summed E-state index contributed by atoms with van der Waals surface area (Å²) < 4.78 is 0. The fraction of sp³-hybridized carbons (Fsp3) is 0.882. The summed E-state index contributed by atoms with van der Waals surface area (Å²) in [5, 5.41) is 0. The fourth-order valence-electron chi connectivity index (χ4n) is 2.32. The lowest BCUT2D eigenvalue weighted by molar-refractivity contribution is -0.131. The standard InChI is InChI=1S/C17H32O2/c1-7-12(3)9-14(5)16(18)11-17(19)15(6)10-13(4)8-2/h12-15H,7-11H2,1-6H3. The van der Waals surface area contributed by atoms with Crippen LogP contribution >= 0.6 is 0 Å². The van der Waals surface area contributed by atoms with Crippen LogP contribution in [0.3, 0.4) is 0 Å². The van der Waals surface area contributed by atoms with Gasteiger partial charge in [0.15, 0.2) is 0 Å². The zero-order valence-electron chi connectivity index (χ0n) is 13.7. The molecular weight excluding hydrogens is 236 g/mol. The van der Waals surface area contributed by atoms with Gasteiger partial charge >= 0.3 is 0 Å². The molecule has 0 N–H and O–H groups in total. The van der Waals surface area contributed by atoms with Crippen molar-refractivity contribution in [2.75, 3.05) is 0 Å². The Morgan fingerprint density at radius 3 is 1.32 bits per heavy atom. The lowest BCUT2D eigenvalue weighted by Crippen LogP contribution is -2.22. The van der Waals surface area contributed by atoms with Crippen molar-refractivity contribution in [1.29, 1.82) is 0 Å². The number of Topliss-reactive ketones (excluding diaryl/α,β-unsaturated/α-hetero) is 2. The lowest BCUT2D eigenvalue weighted by Gasteiger charge is -2.17. The first-order chi connectivity index (χ1) is 8.81. The second-order valence-electron chi connectivity index (χ2n) is 6.41. The first-order valence-electron chi connectivity index (χ1n) is 7.87. The minimum absolute atomic E-state index is 0.0229. The van der Waals surface area contributed by atoms with Crippen molar-refractivity contribution < 1.29 is 9.59 Å². The molecule has 2 nitrogen and oxygen atoms in total. The molecule has 4 atom stereocenters. The maximum Gasteiger partial charge on any atom is 0.143 e. The number of ketones is 2. The van der Waals surface area contributed by atoms with E-state index in [9.17, 15) is 9.59 Å². The summed E-state index contributed by atoms with van der Waals surface area (Å²) in [7, 11) is 0. The van der Waals surface area contributed by atoms with Crippen LogP contribution in [0.4, 0.5) is 0 Å². The van der Waals surface area contributed by atoms with E-state index in [1.165, 1.54) is 0 Å². The molecule has 0 saturated carbocycles. The first kappa shape index (κ1) is 18.3. The molecule has 0 rings (SSSR count). The van der Waals surface area contributed by atoms with E-state index in [1.54, 1.807) is 0 Å². The van der Waals surface area contributed by atoms with Crippen LogP contribution in [0, 0.1) is 23.7 Å². The predicted octanol–water partition coefficient (Wildman–Crippen LogP) is 4.66. The average Bonchev–Trinajstić information content (AvgIpc) is 2.37. The Hall–Kier alpha value is -0.660. The van der Waals surface area contributed by atoms with Crippen molar-refractivity contribution >= 4 is 11.6 Å². The highest BCUT2D eigenvalue weighted by Gasteiger charge is 2.22. The molecule has 0 fully saturated rings. The lowest BCUT2D eigenvalue weighted by atomic mass is 9.86. The molecular formula is C17H32O2. The van der Waals surface area contributed by atoms with Gasteiger partial charge in [-0.25, -0.2) is 0 Å². The normalized spacial score (nSPS) is 17.6. The molecule has 0 bridgehead atoms. The number of rotatable bonds is 10. The third-order valence-electron chi connectivity index (χ3n) is 4.35. The summed E-state index contributed by atoms with van der Waals surface area (Å²) in [5.41, 5.74) is 0. The van der Waals surface area contributed by atoms with E-state index in [1.807, 2.05) is 13.8 Å². The molecule has 0 aliphatic carbocycles. The first-order valence-corrected chi connectivity index (χ1v) is 7.87. The smallest absolute Gasteiger partial charge is 0.143 e. The van der Waals surface area contributed by atoms with Crippen molar-refractivity contribution in [3.05, 3.63) is 0 Å². The Labute approximate surface area is 119 Å². The number of carbonyl (C=O) groups is 2. The van der Waals surface area contributed by atoms with Crippen molar-refractivity contribution in [2.45, 2.75) is 73.6 Å². The summed E-state index contributed by atoms with van der Waals surface area (Å²) in [6, 6.07) is 0. The van der Waals surface area contributed by atoms with Gasteiger partial charge in [0.25, 0.3) is 0 Å².